The van der Waals surface area contributed by atoms with E-state index < -0.39 is 0 Å². The smallest absolute Gasteiger partial charge is 0.136 e. The minimum Gasteiger partial charge on any atom is -0.299 e. The maximum absolute atomic E-state index is 12.1. The van der Waals surface area contributed by atoms with E-state index >= 15 is 0 Å². The van der Waals surface area contributed by atoms with E-state index in [2.05, 4.69) is 6.92 Å². The molecule has 1 nitrogen and oxygen atoms in total. The number of ketones is 1. The number of hydrogen-bond acceptors (Lipinski definition) is 1. The van der Waals surface area contributed by atoms with Gasteiger partial charge < -0.3 is 0 Å². The van der Waals surface area contributed by atoms with Crippen molar-refractivity contribution in [1.82, 2.24) is 0 Å². The summed E-state index contributed by atoms with van der Waals surface area (Å²) in [5.41, 5.74) is 0.398. The second kappa shape index (κ2) is 3.33. The lowest BCUT2D eigenvalue weighted by Gasteiger charge is -2.47. The maximum atomic E-state index is 12.1. The van der Waals surface area contributed by atoms with Crippen molar-refractivity contribution in [2.24, 2.45) is 23.2 Å². The van der Waals surface area contributed by atoms with E-state index in [9.17, 15) is 4.79 Å². The van der Waals surface area contributed by atoms with Crippen LogP contribution in [0.1, 0.15) is 58.3 Å². The highest BCUT2D eigenvalue weighted by Gasteiger charge is 2.53. The Morgan fingerprint density at radius 3 is 2.80 bits per heavy atom. The summed E-state index contributed by atoms with van der Waals surface area (Å²) in [5, 5.41) is 0. The molecular formula is C14H22O. The van der Waals surface area contributed by atoms with Crippen LogP contribution in [0.3, 0.4) is 0 Å². The third kappa shape index (κ3) is 1.38. The van der Waals surface area contributed by atoms with E-state index in [0.717, 1.165) is 18.3 Å². The fraction of sp³-hybridized carbons (Fsp3) is 0.929. The highest BCUT2D eigenvalue weighted by molar-refractivity contribution is 5.84. The van der Waals surface area contributed by atoms with Gasteiger partial charge in [-0.05, 0) is 42.9 Å². The summed E-state index contributed by atoms with van der Waals surface area (Å²) in [4.78, 5) is 12.1. The van der Waals surface area contributed by atoms with Crippen molar-refractivity contribution in [3.63, 3.8) is 0 Å². The Morgan fingerprint density at radius 2 is 1.93 bits per heavy atom. The molecule has 0 aromatic heterocycles. The van der Waals surface area contributed by atoms with Crippen LogP contribution in [0.2, 0.25) is 0 Å². The summed E-state index contributed by atoms with van der Waals surface area (Å²) < 4.78 is 0. The molecule has 3 rings (SSSR count). The summed E-state index contributed by atoms with van der Waals surface area (Å²) in [6, 6.07) is 0. The highest BCUT2D eigenvalue weighted by Crippen LogP contribution is 2.57. The quantitative estimate of drug-likeness (QED) is 0.592. The van der Waals surface area contributed by atoms with Gasteiger partial charge in [-0.2, -0.15) is 0 Å². The predicted octanol–water partition coefficient (Wildman–Crippen LogP) is 3.57. The molecule has 4 atom stereocenters. The van der Waals surface area contributed by atoms with Crippen molar-refractivity contribution in [3.8, 4) is 0 Å². The van der Waals surface area contributed by atoms with Gasteiger partial charge in [-0.1, -0.05) is 26.2 Å². The van der Waals surface area contributed by atoms with Crippen LogP contribution < -0.4 is 0 Å². The molecule has 0 amide bonds. The van der Waals surface area contributed by atoms with Gasteiger partial charge in [0, 0.05) is 12.3 Å². The minimum atomic E-state index is 0.398. The first-order valence-corrected chi connectivity index (χ1v) is 6.73. The van der Waals surface area contributed by atoms with Gasteiger partial charge in [0.05, 0.1) is 0 Å². The molecule has 0 aliphatic heterocycles. The predicted molar refractivity (Wildman–Crippen MR) is 60.5 cm³/mol. The Balaban J connectivity index is 1.90. The molecule has 0 radical (unpaired) electrons. The summed E-state index contributed by atoms with van der Waals surface area (Å²) in [7, 11) is 0. The van der Waals surface area contributed by atoms with Crippen molar-refractivity contribution in [3.05, 3.63) is 0 Å². The van der Waals surface area contributed by atoms with Gasteiger partial charge in [-0.3, -0.25) is 4.79 Å². The zero-order valence-corrected chi connectivity index (χ0v) is 9.80. The number of Topliss-reactive ketones (excluding diaryl/α,β-unsaturated/α-hetero) is 1. The van der Waals surface area contributed by atoms with Crippen LogP contribution in [0, 0.1) is 23.2 Å². The molecule has 0 unspecified atom stereocenters. The van der Waals surface area contributed by atoms with Crippen LogP contribution >= 0.6 is 0 Å². The number of hydrogen-bond donors (Lipinski definition) is 0. The van der Waals surface area contributed by atoms with Crippen LogP contribution in [-0.2, 0) is 4.79 Å². The van der Waals surface area contributed by atoms with Gasteiger partial charge >= 0.3 is 0 Å². The molecule has 3 saturated carbocycles. The Labute approximate surface area is 92.6 Å². The Bertz CT molecular complexity index is 283. The van der Waals surface area contributed by atoms with Crippen LogP contribution in [-0.4, -0.2) is 5.78 Å². The first-order chi connectivity index (χ1) is 7.21. The van der Waals surface area contributed by atoms with E-state index in [1.807, 2.05) is 0 Å². The van der Waals surface area contributed by atoms with Gasteiger partial charge in [0.25, 0.3) is 0 Å². The number of rotatable bonds is 0. The molecule has 1 heteroatoms. The molecule has 3 aliphatic carbocycles. The average Bonchev–Trinajstić information content (AvgIpc) is 2.56. The topological polar surface area (TPSA) is 17.1 Å². The molecule has 3 fully saturated rings. The van der Waals surface area contributed by atoms with Crippen molar-refractivity contribution in [1.29, 1.82) is 0 Å². The van der Waals surface area contributed by atoms with E-state index in [1.54, 1.807) is 0 Å². The minimum absolute atomic E-state index is 0.398. The molecule has 0 spiro atoms. The monoisotopic (exact) mass is 206 g/mol. The molecule has 15 heavy (non-hydrogen) atoms. The molecule has 0 heterocycles. The van der Waals surface area contributed by atoms with Gasteiger partial charge in [0.1, 0.15) is 5.78 Å². The van der Waals surface area contributed by atoms with Crippen molar-refractivity contribution < 1.29 is 4.79 Å². The average molecular weight is 206 g/mol. The normalized spacial score (nSPS) is 49.9. The van der Waals surface area contributed by atoms with E-state index in [1.165, 1.54) is 44.9 Å². The van der Waals surface area contributed by atoms with Crippen molar-refractivity contribution in [2.45, 2.75) is 58.3 Å². The molecule has 0 N–H and O–H groups in total. The number of carbonyl (C=O) groups excluding carboxylic acids is 1. The summed E-state index contributed by atoms with van der Waals surface area (Å²) in [6.45, 7) is 2.38. The zero-order valence-electron chi connectivity index (χ0n) is 9.80. The summed E-state index contributed by atoms with van der Waals surface area (Å²) >= 11 is 0. The molecule has 84 valence electrons. The van der Waals surface area contributed by atoms with E-state index in [-0.39, 0.29) is 0 Å². The zero-order chi connectivity index (χ0) is 10.5. The summed E-state index contributed by atoms with van der Waals surface area (Å²) in [6.07, 6.45) is 10.3. The van der Waals surface area contributed by atoms with Crippen molar-refractivity contribution in [2.75, 3.05) is 0 Å². The standard InChI is InChI=1S/C14H22O/c1-14-8-6-10-4-2-3-5-11(10)13(14)12(15)7-9-14/h10-11,13H,2-9H2,1H3/t10-,11+,13+,14-/m1/s1. The van der Waals surface area contributed by atoms with E-state index in [4.69, 9.17) is 0 Å². The second-order valence-electron chi connectivity index (χ2n) is 6.35. The molecule has 0 aromatic rings. The Hall–Kier alpha value is -0.330. The summed E-state index contributed by atoms with van der Waals surface area (Å²) in [5.74, 6) is 2.73. The fourth-order valence-electron chi connectivity index (χ4n) is 4.69. The lowest BCUT2D eigenvalue weighted by molar-refractivity contribution is -0.128. The lowest BCUT2D eigenvalue weighted by Crippen LogP contribution is -2.42. The van der Waals surface area contributed by atoms with E-state index in [0.29, 0.717) is 17.1 Å². The third-order valence-electron chi connectivity index (χ3n) is 5.52. The number of carbonyl (C=O) groups is 1. The molecule has 0 aromatic carbocycles. The largest absolute Gasteiger partial charge is 0.299 e. The fourth-order valence-corrected chi connectivity index (χ4v) is 4.69. The Morgan fingerprint density at radius 1 is 1.13 bits per heavy atom. The first kappa shape index (κ1) is 9.86. The second-order valence-corrected chi connectivity index (χ2v) is 6.35. The third-order valence-corrected chi connectivity index (χ3v) is 5.52. The molecule has 3 aliphatic rings. The van der Waals surface area contributed by atoms with Crippen LogP contribution in [0.4, 0.5) is 0 Å². The van der Waals surface area contributed by atoms with Crippen LogP contribution in [0.15, 0.2) is 0 Å². The molecule has 0 saturated heterocycles. The first-order valence-electron chi connectivity index (χ1n) is 6.73. The maximum Gasteiger partial charge on any atom is 0.136 e. The number of fused-ring (bicyclic) bond motifs is 3. The van der Waals surface area contributed by atoms with Gasteiger partial charge in [-0.25, -0.2) is 0 Å². The Kier molecular flexibility index (Phi) is 2.19. The molecule has 0 bridgehead atoms. The van der Waals surface area contributed by atoms with Gasteiger partial charge in [0.2, 0.25) is 0 Å². The van der Waals surface area contributed by atoms with Crippen LogP contribution in [0.5, 0.6) is 0 Å². The van der Waals surface area contributed by atoms with Crippen molar-refractivity contribution >= 4 is 5.78 Å². The molecular weight excluding hydrogens is 184 g/mol. The highest BCUT2D eigenvalue weighted by atomic mass is 16.1. The lowest BCUT2D eigenvalue weighted by atomic mass is 9.57. The van der Waals surface area contributed by atoms with Crippen LogP contribution in [0.25, 0.3) is 0 Å². The van der Waals surface area contributed by atoms with Gasteiger partial charge in [0.15, 0.2) is 0 Å². The SMILES string of the molecule is C[C@@]12CCC(=O)[C@@H]1[C@H]1CCCC[C@@H]1CC2. The van der Waals surface area contributed by atoms with Gasteiger partial charge in [-0.15, -0.1) is 0 Å².